The Morgan fingerprint density at radius 2 is 2.00 bits per heavy atom. The second-order valence-electron chi connectivity index (χ2n) is 4.05. The third-order valence-corrected chi connectivity index (χ3v) is 5.27. The Morgan fingerprint density at radius 1 is 1.29 bits per heavy atom. The van der Waals surface area contributed by atoms with Crippen LogP contribution in [0.4, 0.5) is 0 Å². The lowest BCUT2D eigenvalue weighted by Gasteiger charge is -2.22. The number of carbonyl (C=O) groups is 3. The van der Waals surface area contributed by atoms with Crippen LogP contribution in [0.3, 0.4) is 0 Å². The highest BCUT2D eigenvalue weighted by Crippen LogP contribution is 2.29. The van der Waals surface area contributed by atoms with Crippen LogP contribution >= 0.6 is 21.6 Å². The van der Waals surface area contributed by atoms with E-state index in [1.165, 1.54) is 12.2 Å². The van der Waals surface area contributed by atoms with Crippen LogP contribution in [0.15, 0.2) is 12.2 Å². The zero-order valence-corrected chi connectivity index (χ0v) is 10.8. The molecule has 1 aliphatic carbocycles. The first-order valence-corrected chi connectivity index (χ1v) is 7.95. The zero-order chi connectivity index (χ0) is 12.3. The van der Waals surface area contributed by atoms with Crippen molar-refractivity contribution in [3.8, 4) is 0 Å². The maximum absolute atomic E-state index is 11.7. The van der Waals surface area contributed by atoms with Crippen molar-refractivity contribution in [2.24, 2.45) is 5.92 Å². The molecule has 0 aromatic rings. The van der Waals surface area contributed by atoms with Gasteiger partial charge in [0.2, 0.25) is 5.91 Å². The minimum atomic E-state index is -0.777. The topological polar surface area (TPSA) is 63.2 Å². The fraction of sp³-hybridized carbons (Fsp3) is 0.545. The van der Waals surface area contributed by atoms with Gasteiger partial charge in [0.25, 0.3) is 0 Å². The molecule has 0 aromatic heterocycles. The second kappa shape index (κ2) is 5.73. The number of carbonyl (C=O) groups excluding carboxylic acids is 3. The summed E-state index contributed by atoms with van der Waals surface area (Å²) in [5.41, 5.74) is 0. The Labute approximate surface area is 107 Å². The summed E-state index contributed by atoms with van der Waals surface area (Å²) in [6.07, 6.45) is 3.45. The summed E-state index contributed by atoms with van der Waals surface area (Å²) in [6.45, 7) is 0. The van der Waals surface area contributed by atoms with E-state index in [1.54, 1.807) is 21.6 Å². The average Bonchev–Trinajstić information content (AvgIpc) is 2.62. The van der Waals surface area contributed by atoms with E-state index >= 15 is 0 Å². The van der Waals surface area contributed by atoms with Gasteiger partial charge >= 0.3 is 0 Å². The molecule has 1 fully saturated rings. The molecule has 17 heavy (non-hydrogen) atoms. The third-order valence-electron chi connectivity index (χ3n) is 2.76. The maximum atomic E-state index is 11.7. The predicted octanol–water partition coefficient (Wildman–Crippen LogP) is 0.971. The lowest BCUT2D eigenvalue weighted by Crippen LogP contribution is -2.39. The Morgan fingerprint density at radius 3 is 2.59 bits per heavy atom. The number of hydrogen-bond acceptors (Lipinski definition) is 5. The van der Waals surface area contributed by atoms with E-state index in [9.17, 15) is 14.4 Å². The Kier molecular flexibility index (Phi) is 4.28. The first kappa shape index (κ1) is 12.7. The highest BCUT2D eigenvalue weighted by Gasteiger charge is 2.30. The van der Waals surface area contributed by atoms with E-state index in [-0.39, 0.29) is 29.9 Å². The lowest BCUT2D eigenvalue weighted by molar-refractivity contribution is -0.132. The molecule has 1 saturated heterocycles. The van der Waals surface area contributed by atoms with E-state index in [2.05, 4.69) is 5.32 Å². The molecule has 1 heterocycles. The van der Waals surface area contributed by atoms with Crippen LogP contribution in [0.5, 0.6) is 0 Å². The summed E-state index contributed by atoms with van der Waals surface area (Å²) < 4.78 is 0. The molecule has 1 unspecified atom stereocenters. The van der Waals surface area contributed by atoms with Crippen LogP contribution in [-0.2, 0) is 14.4 Å². The molecular weight excluding hydrogens is 258 g/mol. The van der Waals surface area contributed by atoms with Crippen molar-refractivity contribution in [3.05, 3.63) is 12.2 Å². The fourth-order valence-electron chi connectivity index (χ4n) is 1.79. The molecule has 1 aliphatic heterocycles. The second-order valence-corrected chi connectivity index (χ2v) is 6.68. The molecule has 6 heteroatoms. The van der Waals surface area contributed by atoms with Gasteiger partial charge < -0.3 is 5.32 Å². The average molecular weight is 271 g/mol. The molecule has 1 atom stereocenters. The van der Waals surface area contributed by atoms with Crippen molar-refractivity contribution in [2.75, 3.05) is 11.5 Å². The predicted molar refractivity (Wildman–Crippen MR) is 68.7 cm³/mol. The third kappa shape index (κ3) is 3.35. The van der Waals surface area contributed by atoms with Gasteiger partial charge in [-0.15, -0.1) is 0 Å². The van der Waals surface area contributed by atoms with Crippen molar-refractivity contribution in [3.63, 3.8) is 0 Å². The van der Waals surface area contributed by atoms with Gasteiger partial charge in [-0.2, -0.15) is 0 Å². The first-order chi connectivity index (χ1) is 8.16. The van der Waals surface area contributed by atoms with E-state index in [1.807, 2.05) is 0 Å². The van der Waals surface area contributed by atoms with Crippen LogP contribution < -0.4 is 5.32 Å². The molecule has 1 N–H and O–H groups in total. The number of rotatable bonds is 3. The minimum absolute atomic E-state index is 0.0149. The van der Waals surface area contributed by atoms with Gasteiger partial charge in [0.05, 0.1) is 5.92 Å². The molecule has 92 valence electrons. The van der Waals surface area contributed by atoms with E-state index in [4.69, 9.17) is 0 Å². The quantitative estimate of drug-likeness (QED) is 0.612. The van der Waals surface area contributed by atoms with Crippen LogP contribution in [0.25, 0.3) is 0 Å². The molecule has 0 spiro atoms. The molecule has 4 nitrogen and oxygen atoms in total. The monoisotopic (exact) mass is 271 g/mol. The van der Waals surface area contributed by atoms with Gasteiger partial charge in [-0.1, -0.05) is 21.6 Å². The molecule has 1 amide bonds. The molecular formula is C11H13NO3S2. The van der Waals surface area contributed by atoms with Crippen molar-refractivity contribution in [2.45, 2.75) is 18.9 Å². The Bertz CT molecular complexity index is 357. The standard InChI is InChI=1S/C11H13NO3S2/c13-9-1-2-10(14)8(9)5-11(15)12-7-3-4-16-17-6-7/h1-2,7-8H,3-6H2,(H,12,15). The summed E-state index contributed by atoms with van der Waals surface area (Å²) in [5, 5.41) is 2.88. The minimum Gasteiger partial charge on any atom is -0.352 e. The van der Waals surface area contributed by atoms with E-state index in [0.717, 1.165) is 17.9 Å². The summed E-state index contributed by atoms with van der Waals surface area (Å²) in [4.78, 5) is 34.3. The highest BCUT2D eigenvalue weighted by molar-refractivity contribution is 8.76. The molecule has 0 saturated carbocycles. The summed E-state index contributed by atoms with van der Waals surface area (Å²) in [5.74, 6) is 0.440. The smallest absolute Gasteiger partial charge is 0.221 e. The summed E-state index contributed by atoms with van der Waals surface area (Å²) in [6, 6.07) is 0.174. The summed E-state index contributed by atoms with van der Waals surface area (Å²) >= 11 is 0. The summed E-state index contributed by atoms with van der Waals surface area (Å²) in [7, 11) is 3.55. The van der Waals surface area contributed by atoms with E-state index in [0.29, 0.717) is 0 Å². The fourth-order valence-corrected chi connectivity index (χ4v) is 4.22. The van der Waals surface area contributed by atoms with Gasteiger partial charge in [-0.25, -0.2) is 0 Å². The van der Waals surface area contributed by atoms with Crippen molar-refractivity contribution in [1.29, 1.82) is 0 Å². The number of ketones is 2. The SMILES string of the molecule is O=C(CC1C(=O)C=CC1=O)NC1CCSSC1. The van der Waals surface area contributed by atoms with Crippen molar-refractivity contribution < 1.29 is 14.4 Å². The maximum Gasteiger partial charge on any atom is 0.221 e. The Hall–Kier alpha value is -0.750. The van der Waals surface area contributed by atoms with Gasteiger partial charge in [0, 0.05) is 24.0 Å². The molecule has 0 aromatic carbocycles. The molecule has 2 rings (SSSR count). The van der Waals surface area contributed by atoms with Gasteiger partial charge in [0.15, 0.2) is 11.6 Å². The van der Waals surface area contributed by atoms with Crippen LogP contribution in [0, 0.1) is 5.92 Å². The molecule has 0 radical (unpaired) electrons. The Balaban J connectivity index is 1.80. The van der Waals surface area contributed by atoms with Gasteiger partial charge in [-0.05, 0) is 18.6 Å². The number of nitrogens with one attached hydrogen (secondary N) is 1. The number of hydrogen-bond donors (Lipinski definition) is 1. The first-order valence-electron chi connectivity index (χ1n) is 5.46. The van der Waals surface area contributed by atoms with Crippen LogP contribution in [-0.4, -0.2) is 35.0 Å². The number of allylic oxidation sites excluding steroid dienone is 2. The van der Waals surface area contributed by atoms with Crippen LogP contribution in [0.1, 0.15) is 12.8 Å². The zero-order valence-electron chi connectivity index (χ0n) is 9.18. The van der Waals surface area contributed by atoms with Crippen molar-refractivity contribution >= 4 is 39.1 Å². The van der Waals surface area contributed by atoms with Crippen LogP contribution in [0.2, 0.25) is 0 Å². The van der Waals surface area contributed by atoms with Gasteiger partial charge in [0.1, 0.15) is 0 Å². The molecule has 2 aliphatic rings. The molecule has 0 bridgehead atoms. The lowest BCUT2D eigenvalue weighted by atomic mass is 10.0. The largest absolute Gasteiger partial charge is 0.352 e. The normalized spacial score (nSPS) is 25.3. The van der Waals surface area contributed by atoms with Gasteiger partial charge in [-0.3, -0.25) is 14.4 Å². The van der Waals surface area contributed by atoms with E-state index < -0.39 is 5.92 Å². The van der Waals surface area contributed by atoms with Crippen molar-refractivity contribution in [1.82, 2.24) is 5.32 Å². The highest BCUT2D eigenvalue weighted by atomic mass is 33.1. The number of amides is 1.